The fourth-order valence-electron chi connectivity index (χ4n) is 3.16. The van der Waals surface area contributed by atoms with E-state index in [0.29, 0.717) is 19.0 Å². The molecule has 1 aromatic carbocycles. The van der Waals surface area contributed by atoms with Crippen LogP contribution in [0.3, 0.4) is 0 Å². The molecule has 28 heavy (non-hydrogen) atoms. The summed E-state index contributed by atoms with van der Waals surface area (Å²) in [5.41, 5.74) is 2.25. The van der Waals surface area contributed by atoms with Crippen LogP contribution >= 0.6 is 11.8 Å². The van der Waals surface area contributed by atoms with Crippen LogP contribution in [0.2, 0.25) is 0 Å². The summed E-state index contributed by atoms with van der Waals surface area (Å²) < 4.78 is 9.47. The Balaban J connectivity index is 1.64. The molecule has 10 heteroatoms. The van der Waals surface area contributed by atoms with E-state index in [-0.39, 0.29) is 0 Å². The van der Waals surface area contributed by atoms with Crippen molar-refractivity contribution in [1.29, 1.82) is 0 Å². The molecule has 3 aromatic rings. The van der Waals surface area contributed by atoms with Crippen molar-refractivity contribution in [3.63, 3.8) is 0 Å². The maximum absolute atomic E-state index is 5.50. The second-order valence-electron chi connectivity index (χ2n) is 6.66. The topological polar surface area (TPSA) is 86.8 Å². The number of aromatic nitrogens is 7. The SMILES string of the molecule is CCCn1nnnc1CSc1nnc(N2CCOCC2)n1-c1cccc(C)c1. The number of benzene rings is 1. The minimum Gasteiger partial charge on any atom is -0.378 e. The summed E-state index contributed by atoms with van der Waals surface area (Å²) in [5.74, 6) is 2.34. The van der Waals surface area contributed by atoms with Gasteiger partial charge in [-0.3, -0.25) is 4.57 Å². The standard InChI is InChI=1S/C18H24N8OS/c1-3-7-25-16(19-22-23-25)13-28-18-21-20-17(24-8-10-27-11-9-24)26(18)15-6-4-5-14(2)12-15/h4-6,12H,3,7-11,13H2,1-2H3. The van der Waals surface area contributed by atoms with Crippen LogP contribution in [0.25, 0.3) is 5.69 Å². The Morgan fingerprint density at radius 3 is 2.79 bits per heavy atom. The molecule has 1 aliphatic heterocycles. The smallest absolute Gasteiger partial charge is 0.232 e. The maximum atomic E-state index is 5.50. The molecular weight excluding hydrogens is 376 g/mol. The predicted molar refractivity (Wildman–Crippen MR) is 107 cm³/mol. The summed E-state index contributed by atoms with van der Waals surface area (Å²) in [6.45, 7) is 8.04. The molecule has 1 fully saturated rings. The number of rotatable bonds is 7. The Morgan fingerprint density at radius 1 is 1.14 bits per heavy atom. The van der Waals surface area contributed by atoms with Crippen molar-refractivity contribution in [3.8, 4) is 5.69 Å². The molecule has 1 aliphatic rings. The molecule has 0 aliphatic carbocycles. The largest absolute Gasteiger partial charge is 0.378 e. The average molecular weight is 401 g/mol. The van der Waals surface area contributed by atoms with Gasteiger partial charge in [-0.25, -0.2) is 4.68 Å². The summed E-state index contributed by atoms with van der Waals surface area (Å²) in [7, 11) is 0. The van der Waals surface area contributed by atoms with Crippen LogP contribution in [0.5, 0.6) is 0 Å². The Kier molecular flexibility index (Phi) is 5.87. The van der Waals surface area contributed by atoms with Gasteiger partial charge in [-0.1, -0.05) is 30.8 Å². The van der Waals surface area contributed by atoms with Crippen molar-refractivity contribution in [2.45, 2.75) is 37.7 Å². The zero-order chi connectivity index (χ0) is 19.3. The molecule has 4 rings (SSSR count). The highest BCUT2D eigenvalue weighted by Crippen LogP contribution is 2.29. The van der Waals surface area contributed by atoms with E-state index in [1.165, 1.54) is 5.56 Å². The third-order valence-corrected chi connectivity index (χ3v) is 5.47. The normalized spacial score (nSPS) is 14.6. The fraction of sp³-hybridized carbons (Fsp3) is 0.500. The molecule has 0 saturated carbocycles. The van der Waals surface area contributed by atoms with E-state index in [0.717, 1.165) is 48.7 Å². The first kappa shape index (κ1) is 18.9. The number of thioether (sulfide) groups is 1. The van der Waals surface area contributed by atoms with Crippen LogP contribution < -0.4 is 4.90 Å². The summed E-state index contributed by atoms with van der Waals surface area (Å²) in [5, 5.41) is 21.9. The van der Waals surface area contributed by atoms with Crippen LogP contribution in [0.4, 0.5) is 5.95 Å². The van der Waals surface area contributed by atoms with Crippen LogP contribution in [-0.4, -0.2) is 61.3 Å². The average Bonchev–Trinajstić information content (AvgIpc) is 3.34. The number of anilines is 1. The van der Waals surface area contributed by atoms with Gasteiger partial charge in [0.25, 0.3) is 0 Å². The minimum absolute atomic E-state index is 0.639. The van der Waals surface area contributed by atoms with Gasteiger partial charge in [0.1, 0.15) is 0 Å². The minimum atomic E-state index is 0.639. The van der Waals surface area contributed by atoms with Crippen LogP contribution in [-0.2, 0) is 17.0 Å². The molecule has 9 nitrogen and oxygen atoms in total. The van der Waals surface area contributed by atoms with Gasteiger partial charge in [0.2, 0.25) is 5.95 Å². The van der Waals surface area contributed by atoms with Gasteiger partial charge in [-0.15, -0.1) is 15.3 Å². The van der Waals surface area contributed by atoms with E-state index in [4.69, 9.17) is 4.74 Å². The third kappa shape index (κ3) is 4.02. The van der Waals surface area contributed by atoms with Gasteiger partial charge in [-0.2, -0.15) is 0 Å². The number of nitrogens with zero attached hydrogens (tertiary/aromatic N) is 8. The zero-order valence-electron chi connectivity index (χ0n) is 16.2. The number of morpholine rings is 1. The Hall–Kier alpha value is -2.46. The fourth-order valence-corrected chi connectivity index (χ4v) is 4.04. The van der Waals surface area contributed by atoms with Crippen LogP contribution in [0, 0.1) is 6.92 Å². The summed E-state index contributed by atoms with van der Waals surface area (Å²) in [4.78, 5) is 2.23. The van der Waals surface area contributed by atoms with Crippen molar-refractivity contribution in [3.05, 3.63) is 35.7 Å². The molecule has 0 spiro atoms. The van der Waals surface area contributed by atoms with Gasteiger partial charge >= 0.3 is 0 Å². The number of aryl methyl sites for hydroxylation is 2. The molecule has 1 saturated heterocycles. The predicted octanol–water partition coefficient (Wildman–Crippen LogP) is 2.10. The van der Waals surface area contributed by atoms with Gasteiger partial charge in [0.05, 0.1) is 24.7 Å². The highest BCUT2D eigenvalue weighted by molar-refractivity contribution is 7.98. The molecular formula is C18H24N8OS. The molecule has 2 aromatic heterocycles. The molecule has 0 amide bonds. The molecule has 0 unspecified atom stereocenters. The van der Waals surface area contributed by atoms with Crippen molar-refractivity contribution in [2.75, 3.05) is 31.2 Å². The monoisotopic (exact) mass is 400 g/mol. The lowest BCUT2D eigenvalue weighted by atomic mass is 10.2. The Labute approximate surface area is 168 Å². The van der Waals surface area contributed by atoms with Gasteiger partial charge in [-0.05, 0) is 41.5 Å². The molecule has 0 N–H and O–H groups in total. The molecule has 0 atom stereocenters. The molecule has 0 bridgehead atoms. The zero-order valence-corrected chi connectivity index (χ0v) is 17.0. The van der Waals surface area contributed by atoms with Crippen LogP contribution in [0.1, 0.15) is 24.7 Å². The van der Waals surface area contributed by atoms with E-state index in [2.05, 4.69) is 73.3 Å². The van der Waals surface area contributed by atoms with Gasteiger partial charge in [0, 0.05) is 19.6 Å². The van der Waals surface area contributed by atoms with Gasteiger partial charge < -0.3 is 9.64 Å². The van der Waals surface area contributed by atoms with Crippen molar-refractivity contribution < 1.29 is 4.74 Å². The van der Waals surface area contributed by atoms with E-state index >= 15 is 0 Å². The van der Waals surface area contributed by atoms with Crippen molar-refractivity contribution in [1.82, 2.24) is 35.0 Å². The lowest BCUT2D eigenvalue weighted by molar-refractivity contribution is 0.122. The first-order chi connectivity index (χ1) is 13.8. The van der Waals surface area contributed by atoms with E-state index in [1.54, 1.807) is 11.8 Å². The quantitative estimate of drug-likeness (QED) is 0.557. The number of hydrogen-bond acceptors (Lipinski definition) is 8. The second kappa shape index (κ2) is 8.70. The van der Waals surface area contributed by atoms with Gasteiger partial charge in [0.15, 0.2) is 11.0 Å². The second-order valence-corrected chi connectivity index (χ2v) is 7.61. The number of tetrazole rings is 1. The Bertz CT molecular complexity index is 918. The van der Waals surface area contributed by atoms with E-state index < -0.39 is 0 Å². The summed E-state index contributed by atoms with van der Waals surface area (Å²) in [6, 6.07) is 8.39. The van der Waals surface area contributed by atoms with Crippen molar-refractivity contribution in [2.24, 2.45) is 0 Å². The molecule has 148 valence electrons. The first-order valence-electron chi connectivity index (χ1n) is 9.49. The lowest BCUT2D eigenvalue weighted by Gasteiger charge is -2.28. The van der Waals surface area contributed by atoms with E-state index in [1.807, 2.05) is 4.68 Å². The summed E-state index contributed by atoms with van der Waals surface area (Å²) >= 11 is 1.60. The highest BCUT2D eigenvalue weighted by atomic mass is 32.2. The summed E-state index contributed by atoms with van der Waals surface area (Å²) in [6.07, 6.45) is 0.989. The van der Waals surface area contributed by atoms with Crippen LogP contribution in [0.15, 0.2) is 29.4 Å². The lowest BCUT2D eigenvalue weighted by Crippen LogP contribution is -2.37. The molecule has 3 heterocycles. The molecule has 0 radical (unpaired) electrons. The highest BCUT2D eigenvalue weighted by Gasteiger charge is 2.22. The van der Waals surface area contributed by atoms with Crippen molar-refractivity contribution >= 4 is 17.7 Å². The first-order valence-corrected chi connectivity index (χ1v) is 10.5. The van der Waals surface area contributed by atoms with E-state index in [9.17, 15) is 0 Å². The number of hydrogen-bond donors (Lipinski definition) is 0. The third-order valence-electron chi connectivity index (χ3n) is 4.54. The maximum Gasteiger partial charge on any atom is 0.232 e. The number of ether oxygens (including phenoxy) is 1. The Morgan fingerprint density at radius 2 is 2.00 bits per heavy atom.